The lowest BCUT2D eigenvalue weighted by atomic mass is 9.95. The Morgan fingerprint density at radius 2 is 1.10 bits per heavy atom. The van der Waals surface area contributed by atoms with E-state index in [4.69, 9.17) is 25.5 Å². The zero-order chi connectivity index (χ0) is 23.0. The number of hydrogen-bond donors (Lipinski definition) is 6. The van der Waals surface area contributed by atoms with Crippen LogP contribution in [0.3, 0.4) is 0 Å². The Morgan fingerprint density at radius 1 is 0.759 bits per heavy atom. The standard InChI is InChI=1S/C12H20O7.C5H12O5/c1-4-17-9(13)7-12(16,11(15)19-6-3)8-10(14)18-5-2;6-1-3(8)5(10)4(9)2-7/h16H,4-8H2,1-3H3;3-10H,1-2H2. The lowest BCUT2D eigenvalue weighted by molar-refractivity contribution is -0.177. The second kappa shape index (κ2) is 16.0. The third-order valence-corrected chi connectivity index (χ3v) is 3.30. The summed E-state index contributed by atoms with van der Waals surface area (Å²) in [6, 6.07) is 0. The van der Waals surface area contributed by atoms with Crippen LogP contribution in [0.2, 0.25) is 0 Å². The normalized spacial score (nSPS) is 14.0. The molecule has 0 radical (unpaired) electrons. The Hall–Kier alpha value is -1.83. The molecule has 0 saturated carbocycles. The molecule has 12 heteroatoms. The molecule has 0 aliphatic rings. The molecule has 172 valence electrons. The summed E-state index contributed by atoms with van der Waals surface area (Å²) in [5.41, 5.74) is -2.26. The molecule has 0 bridgehead atoms. The minimum atomic E-state index is -2.26. The number of carbonyl (C=O) groups excluding carboxylic acids is 3. The topological polar surface area (TPSA) is 200 Å². The van der Waals surface area contributed by atoms with Crippen LogP contribution in [0.5, 0.6) is 0 Å². The Kier molecular flexibility index (Phi) is 16.2. The average molecular weight is 428 g/mol. The lowest BCUT2D eigenvalue weighted by Gasteiger charge is -2.23. The van der Waals surface area contributed by atoms with Gasteiger partial charge in [0.05, 0.1) is 45.9 Å². The van der Waals surface area contributed by atoms with Gasteiger partial charge in [0.2, 0.25) is 0 Å². The van der Waals surface area contributed by atoms with Crippen LogP contribution < -0.4 is 0 Å². The molecule has 0 fully saturated rings. The van der Waals surface area contributed by atoms with Gasteiger partial charge in [-0.3, -0.25) is 9.59 Å². The van der Waals surface area contributed by atoms with Gasteiger partial charge >= 0.3 is 17.9 Å². The smallest absolute Gasteiger partial charge is 0.339 e. The minimum Gasteiger partial charge on any atom is -0.466 e. The number of carbonyl (C=O) groups is 3. The molecule has 0 amide bonds. The molecule has 6 N–H and O–H groups in total. The molecular formula is C17H32O12. The van der Waals surface area contributed by atoms with Crippen LogP contribution in [0.15, 0.2) is 0 Å². The third-order valence-electron chi connectivity index (χ3n) is 3.30. The zero-order valence-corrected chi connectivity index (χ0v) is 16.8. The van der Waals surface area contributed by atoms with Crippen LogP contribution in [-0.2, 0) is 28.6 Å². The molecular weight excluding hydrogens is 396 g/mol. The highest BCUT2D eigenvalue weighted by molar-refractivity contribution is 5.90. The number of aliphatic hydroxyl groups excluding tert-OH is 5. The molecule has 0 aromatic carbocycles. The summed E-state index contributed by atoms with van der Waals surface area (Å²) < 4.78 is 14.0. The predicted octanol–water partition coefficient (Wildman–Crippen LogP) is -2.76. The van der Waals surface area contributed by atoms with Crippen molar-refractivity contribution in [2.45, 2.75) is 57.5 Å². The molecule has 0 aliphatic heterocycles. The quantitative estimate of drug-likeness (QED) is 0.138. The second-order valence-corrected chi connectivity index (χ2v) is 5.71. The van der Waals surface area contributed by atoms with E-state index in [9.17, 15) is 19.5 Å². The summed E-state index contributed by atoms with van der Waals surface area (Å²) >= 11 is 0. The summed E-state index contributed by atoms with van der Waals surface area (Å²) in [6.45, 7) is 3.68. The van der Waals surface area contributed by atoms with E-state index in [0.29, 0.717) is 0 Å². The molecule has 0 aliphatic carbocycles. The van der Waals surface area contributed by atoms with Gasteiger partial charge in [-0.1, -0.05) is 0 Å². The van der Waals surface area contributed by atoms with Crippen molar-refractivity contribution in [3.8, 4) is 0 Å². The van der Waals surface area contributed by atoms with Gasteiger partial charge in [0.15, 0.2) is 5.60 Å². The first-order valence-electron chi connectivity index (χ1n) is 8.99. The van der Waals surface area contributed by atoms with Gasteiger partial charge in [-0.15, -0.1) is 0 Å². The fraction of sp³-hybridized carbons (Fsp3) is 0.824. The fourth-order valence-electron chi connectivity index (χ4n) is 1.85. The molecule has 2 atom stereocenters. The van der Waals surface area contributed by atoms with E-state index in [1.54, 1.807) is 20.8 Å². The summed E-state index contributed by atoms with van der Waals surface area (Å²) in [4.78, 5) is 34.4. The highest BCUT2D eigenvalue weighted by Crippen LogP contribution is 2.19. The molecule has 0 saturated heterocycles. The van der Waals surface area contributed by atoms with Crippen LogP contribution in [0.1, 0.15) is 33.6 Å². The zero-order valence-electron chi connectivity index (χ0n) is 16.8. The molecule has 2 unspecified atom stereocenters. The summed E-state index contributed by atoms with van der Waals surface area (Å²) in [6.07, 6.45) is -5.60. The van der Waals surface area contributed by atoms with E-state index in [0.717, 1.165) is 0 Å². The Balaban J connectivity index is 0. The highest BCUT2D eigenvalue weighted by atomic mass is 16.6. The van der Waals surface area contributed by atoms with Gasteiger partial charge in [-0.05, 0) is 20.8 Å². The number of aliphatic hydroxyl groups is 6. The van der Waals surface area contributed by atoms with Gasteiger partial charge in [0.1, 0.15) is 18.3 Å². The molecule has 0 aromatic heterocycles. The summed E-state index contributed by atoms with van der Waals surface area (Å²) in [5.74, 6) is -2.62. The highest BCUT2D eigenvalue weighted by Gasteiger charge is 2.43. The van der Waals surface area contributed by atoms with E-state index in [1.165, 1.54) is 0 Å². The van der Waals surface area contributed by atoms with Crippen molar-refractivity contribution < 1.29 is 59.2 Å². The van der Waals surface area contributed by atoms with Crippen molar-refractivity contribution in [1.82, 2.24) is 0 Å². The van der Waals surface area contributed by atoms with E-state index in [1.807, 2.05) is 0 Å². The number of ether oxygens (including phenoxy) is 3. The molecule has 0 spiro atoms. The van der Waals surface area contributed by atoms with Gasteiger partial charge in [0, 0.05) is 0 Å². The van der Waals surface area contributed by atoms with E-state index < -0.39 is 67.9 Å². The van der Waals surface area contributed by atoms with Crippen molar-refractivity contribution >= 4 is 17.9 Å². The molecule has 0 aromatic rings. The Labute approximate surface area is 168 Å². The predicted molar refractivity (Wildman–Crippen MR) is 96.3 cm³/mol. The van der Waals surface area contributed by atoms with Crippen LogP contribution in [0, 0.1) is 0 Å². The van der Waals surface area contributed by atoms with Crippen molar-refractivity contribution in [3.05, 3.63) is 0 Å². The van der Waals surface area contributed by atoms with Gasteiger partial charge < -0.3 is 44.8 Å². The maximum Gasteiger partial charge on any atom is 0.339 e. The van der Waals surface area contributed by atoms with E-state index in [-0.39, 0.29) is 19.8 Å². The summed E-state index contributed by atoms with van der Waals surface area (Å²) in [5, 5.41) is 52.7. The summed E-state index contributed by atoms with van der Waals surface area (Å²) in [7, 11) is 0. The minimum absolute atomic E-state index is 0.0206. The SMILES string of the molecule is CCOC(=O)CC(O)(CC(=O)OCC)C(=O)OCC.OCC(O)C(O)C(O)CO. The number of esters is 3. The average Bonchev–Trinajstić information content (AvgIpc) is 2.66. The molecule has 12 nitrogen and oxygen atoms in total. The molecule has 0 rings (SSSR count). The van der Waals surface area contributed by atoms with Gasteiger partial charge in [-0.2, -0.15) is 0 Å². The monoisotopic (exact) mass is 428 g/mol. The first-order chi connectivity index (χ1) is 13.5. The van der Waals surface area contributed by atoms with Crippen molar-refractivity contribution in [3.63, 3.8) is 0 Å². The van der Waals surface area contributed by atoms with Gasteiger partial charge in [0.25, 0.3) is 0 Å². The Bertz CT molecular complexity index is 451. The number of hydrogen-bond acceptors (Lipinski definition) is 12. The molecule has 0 heterocycles. The van der Waals surface area contributed by atoms with Crippen molar-refractivity contribution in [2.24, 2.45) is 0 Å². The van der Waals surface area contributed by atoms with Crippen molar-refractivity contribution in [2.75, 3.05) is 33.0 Å². The lowest BCUT2D eigenvalue weighted by Crippen LogP contribution is -2.44. The van der Waals surface area contributed by atoms with Gasteiger partial charge in [-0.25, -0.2) is 4.79 Å². The maximum absolute atomic E-state index is 11.7. The van der Waals surface area contributed by atoms with Crippen molar-refractivity contribution in [1.29, 1.82) is 0 Å². The van der Waals surface area contributed by atoms with Crippen LogP contribution >= 0.6 is 0 Å². The Morgan fingerprint density at radius 3 is 1.38 bits per heavy atom. The van der Waals surface area contributed by atoms with E-state index in [2.05, 4.69) is 14.2 Å². The fourth-order valence-corrected chi connectivity index (χ4v) is 1.85. The largest absolute Gasteiger partial charge is 0.466 e. The third kappa shape index (κ3) is 12.4. The first kappa shape index (κ1) is 29.4. The first-order valence-corrected chi connectivity index (χ1v) is 8.99. The van der Waals surface area contributed by atoms with Crippen LogP contribution in [0.4, 0.5) is 0 Å². The maximum atomic E-state index is 11.7. The van der Waals surface area contributed by atoms with Crippen LogP contribution in [0.25, 0.3) is 0 Å². The number of rotatable bonds is 12. The second-order valence-electron chi connectivity index (χ2n) is 5.71. The van der Waals surface area contributed by atoms with E-state index >= 15 is 0 Å². The van der Waals surface area contributed by atoms with Crippen LogP contribution in [-0.4, -0.2) is 105 Å². The molecule has 29 heavy (non-hydrogen) atoms.